The monoisotopic (exact) mass is 253 g/mol. The van der Waals surface area contributed by atoms with Crippen molar-refractivity contribution in [2.45, 2.75) is 38.3 Å². The molecule has 100 valence electrons. The van der Waals surface area contributed by atoms with E-state index in [2.05, 4.69) is 0 Å². The van der Waals surface area contributed by atoms with Gasteiger partial charge in [0.15, 0.2) is 0 Å². The van der Waals surface area contributed by atoms with E-state index in [0.717, 1.165) is 18.4 Å². The van der Waals surface area contributed by atoms with Crippen LogP contribution < -0.4 is 10.5 Å². The van der Waals surface area contributed by atoms with Crippen LogP contribution in [0, 0.1) is 5.82 Å². The molecule has 1 atom stereocenters. The standard InChI is InChI=1S/C14H20FNO2/c1-10(16)6-11-7-12(15)9-14(8-11)18-13-2-4-17-5-3-13/h7-10,13H,2-6,16H2,1H3. The molecule has 1 aliphatic heterocycles. The third-order valence-corrected chi connectivity index (χ3v) is 2.96. The van der Waals surface area contributed by atoms with Gasteiger partial charge in [0.2, 0.25) is 0 Å². The van der Waals surface area contributed by atoms with Crippen molar-refractivity contribution in [1.82, 2.24) is 0 Å². The van der Waals surface area contributed by atoms with Crippen LogP contribution in [0.1, 0.15) is 25.3 Å². The Morgan fingerprint density at radius 2 is 2.11 bits per heavy atom. The Labute approximate surface area is 107 Å². The van der Waals surface area contributed by atoms with E-state index < -0.39 is 0 Å². The molecule has 0 spiro atoms. The third-order valence-electron chi connectivity index (χ3n) is 2.96. The first kappa shape index (κ1) is 13.3. The van der Waals surface area contributed by atoms with Crippen molar-refractivity contribution in [3.8, 4) is 5.75 Å². The van der Waals surface area contributed by atoms with Crippen LogP contribution in [0.25, 0.3) is 0 Å². The van der Waals surface area contributed by atoms with Crippen LogP contribution in [-0.4, -0.2) is 25.4 Å². The lowest BCUT2D eigenvalue weighted by Crippen LogP contribution is -2.26. The number of halogens is 1. The van der Waals surface area contributed by atoms with Gasteiger partial charge in [-0.2, -0.15) is 0 Å². The van der Waals surface area contributed by atoms with Crippen LogP contribution in [-0.2, 0) is 11.2 Å². The summed E-state index contributed by atoms with van der Waals surface area (Å²) in [5.41, 5.74) is 6.61. The fraction of sp³-hybridized carbons (Fsp3) is 0.571. The van der Waals surface area contributed by atoms with E-state index in [1.54, 1.807) is 0 Å². The number of rotatable bonds is 4. The fourth-order valence-corrected chi connectivity index (χ4v) is 2.16. The first-order chi connectivity index (χ1) is 8.63. The molecule has 3 nitrogen and oxygen atoms in total. The van der Waals surface area contributed by atoms with Crippen LogP contribution in [0.4, 0.5) is 4.39 Å². The summed E-state index contributed by atoms with van der Waals surface area (Å²) in [5, 5.41) is 0. The summed E-state index contributed by atoms with van der Waals surface area (Å²) in [6, 6.07) is 4.84. The molecule has 1 aromatic rings. The lowest BCUT2D eigenvalue weighted by Gasteiger charge is -2.23. The number of nitrogens with two attached hydrogens (primary N) is 1. The minimum atomic E-state index is -0.268. The van der Waals surface area contributed by atoms with Crippen molar-refractivity contribution in [1.29, 1.82) is 0 Å². The van der Waals surface area contributed by atoms with Gasteiger partial charge in [0, 0.05) is 24.9 Å². The maximum atomic E-state index is 13.5. The Kier molecular flexibility index (Phi) is 4.55. The highest BCUT2D eigenvalue weighted by atomic mass is 19.1. The van der Waals surface area contributed by atoms with Gasteiger partial charge in [0.1, 0.15) is 17.7 Å². The molecule has 18 heavy (non-hydrogen) atoms. The topological polar surface area (TPSA) is 44.5 Å². The molecule has 1 heterocycles. The molecule has 2 rings (SSSR count). The Morgan fingerprint density at radius 3 is 2.78 bits per heavy atom. The van der Waals surface area contributed by atoms with E-state index in [1.807, 2.05) is 13.0 Å². The van der Waals surface area contributed by atoms with E-state index in [4.69, 9.17) is 15.2 Å². The Balaban J connectivity index is 2.04. The van der Waals surface area contributed by atoms with Crippen molar-refractivity contribution in [3.63, 3.8) is 0 Å². The van der Waals surface area contributed by atoms with Crippen molar-refractivity contribution >= 4 is 0 Å². The van der Waals surface area contributed by atoms with Gasteiger partial charge in [0.25, 0.3) is 0 Å². The molecular weight excluding hydrogens is 233 g/mol. The zero-order valence-corrected chi connectivity index (χ0v) is 10.7. The minimum absolute atomic E-state index is 0.0164. The molecule has 0 aliphatic carbocycles. The lowest BCUT2D eigenvalue weighted by molar-refractivity contribution is 0.0254. The maximum Gasteiger partial charge on any atom is 0.127 e. The summed E-state index contributed by atoms with van der Waals surface area (Å²) >= 11 is 0. The molecule has 1 unspecified atom stereocenters. The molecule has 1 aliphatic rings. The predicted molar refractivity (Wildman–Crippen MR) is 68.2 cm³/mol. The molecule has 1 saturated heterocycles. The Hall–Kier alpha value is -1.13. The zero-order valence-electron chi connectivity index (χ0n) is 10.7. The molecule has 0 radical (unpaired) electrons. The van der Waals surface area contributed by atoms with E-state index in [-0.39, 0.29) is 18.0 Å². The van der Waals surface area contributed by atoms with E-state index in [9.17, 15) is 4.39 Å². The van der Waals surface area contributed by atoms with E-state index >= 15 is 0 Å². The molecule has 1 fully saturated rings. The van der Waals surface area contributed by atoms with Crippen LogP contribution in [0.15, 0.2) is 18.2 Å². The number of benzene rings is 1. The summed E-state index contributed by atoms with van der Waals surface area (Å²) in [4.78, 5) is 0. The van der Waals surface area contributed by atoms with Gasteiger partial charge in [0.05, 0.1) is 13.2 Å². The second kappa shape index (κ2) is 6.16. The van der Waals surface area contributed by atoms with Crippen molar-refractivity contribution in [3.05, 3.63) is 29.6 Å². The van der Waals surface area contributed by atoms with Gasteiger partial charge in [-0.25, -0.2) is 4.39 Å². The highest BCUT2D eigenvalue weighted by molar-refractivity contribution is 5.30. The first-order valence-corrected chi connectivity index (χ1v) is 6.43. The molecule has 4 heteroatoms. The Morgan fingerprint density at radius 1 is 1.39 bits per heavy atom. The van der Waals surface area contributed by atoms with Crippen molar-refractivity contribution in [2.75, 3.05) is 13.2 Å². The van der Waals surface area contributed by atoms with Gasteiger partial charge in [-0.1, -0.05) is 0 Å². The highest BCUT2D eigenvalue weighted by Crippen LogP contribution is 2.21. The first-order valence-electron chi connectivity index (χ1n) is 6.43. The van der Waals surface area contributed by atoms with Gasteiger partial charge < -0.3 is 15.2 Å². The molecule has 1 aromatic carbocycles. The summed E-state index contributed by atoms with van der Waals surface area (Å²) in [6.45, 7) is 3.34. The molecule has 0 aromatic heterocycles. The van der Waals surface area contributed by atoms with Gasteiger partial charge in [-0.15, -0.1) is 0 Å². The average molecular weight is 253 g/mol. The Bertz CT molecular complexity index is 389. The predicted octanol–water partition coefficient (Wildman–Crippen LogP) is 2.27. The molecule has 2 N–H and O–H groups in total. The van der Waals surface area contributed by atoms with Crippen LogP contribution in [0.3, 0.4) is 0 Å². The van der Waals surface area contributed by atoms with E-state index in [0.29, 0.717) is 25.4 Å². The molecule has 0 amide bonds. The van der Waals surface area contributed by atoms with E-state index in [1.165, 1.54) is 12.1 Å². The average Bonchev–Trinajstić information content (AvgIpc) is 2.28. The zero-order chi connectivity index (χ0) is 13.0. The molecule has 0 saturated carbocycles. The highest BCUT2D eigenvalue weighted by Gasteiger charge is 2.16. The fourth-order valence-electron chi connectivity index (χ4n) is 2.16. The second-order valence-electron chi connectivity index (χ2n) is 4.91. The second-order valence-corrected chi connectivity index (χ2v) is 4.91. The lowest BCUT2D eigenvalue weighted by atomic mass is 10.1. The number of hydrogen-bond donors (Lipinski definition) is 1. The van der Waals surface area contributed by atoms with Crippen molar-refractivity contribution in [2.24, 2.45) is 5.73 Å². The number of hydrogen-bond acceptors (Lipinski definition) is 3. The van der Waals surface area contributed by atoms with Crippen LogP contribution >= 0.6 is 0 Å². The van der Waals surface area contributed by atoms with Crippen molar-refractivity contribution < 1.29 is 13.9 Å². The van der Waals surface area contributed by atoms with Crippen LogP contribution in [0.2, 0.25) is 0 Å². The number of ether oxygens (including phenoxy) is 2. The normalized spacial score (nSPS) is 18.6. The smallest absolute Gasteiger partial charge is 0.127 e. The quantitative estimate of drug-likeness (QED) is 0.895. The largest absolute Gasteiger partial charge is 0.490 e. The minimum Gasteiger partial charge on any atom is -0.490 e. The van der Waals surface area contributed by atoms with Gasteiger partial charge in [-0.3, -0.25) is 0 Å². The SMILES string of the molecule is CC(N)Cc1cc(F)cc(OC2CCOCC2)c1. The third kappa shape index (κ3) is 3.96. The summed E-state index contributed by atoms with van der Waals surface area (Å²) in [5.74, 6) is 0.327. The van der Waals surface area contributed by atoms with Gasteiger partial charge >= 0.3 is 0 Å². The maximum absolute atomic E-state index is 13.5. The molecule has 0 bridgehead atoms. The van der Waals surface area contributed by atoms with Crippen LogP contribution in [0.5, 0.6) is 5.75 Å². The summed E-state index contributed by atoms with van der Waals surface area (Å²) in [7, 11) is 0. The van der Waals surface area contributed by atoms with Gasteiger partial charge in [-0.05, 0) is 31.0 Å². The summed E-state index contributed by atoms with van der Waals surface area (Å²) in [6.07, 6.45) is 2.50. The summed E-state index contributed by atoms with van der Waals surface area (Å²) < 4.78 is 24.6. The molecular formula is C14H20FNO2.